The Morgan fingerprint density at radius 1 is 1.45 bits per heavy atom. The number of urea groups is 1. The molecule has 7 heteroatoms. The molecule has 0 spiro atoms. The third-order valence-electron chi connectivity index (χ3n) is 3.58. The van der Waals surface area contributed by atoms with Gasteiger partial charge in [0.15, 0.2) is 0 Å². The van der Waals surface area contributed by atoms with Crippen LogP contribution in [0.15, 0.2) is 0 Å². The standard InChI is InChI=1S/C13H19N3O3S/c14-4-1-5-15(10-2-3-10)13(19)16-6-7-20-9-11(16)8-12(17)18/h10-11H,1-3,5-9H2,(H,17,18). The lowest BCUT2D eigenvalue weighted by atomic mass is 10.2. The van der Waals surface area contributed by atoms with Crippen LogP contribution in [0.4, 0.5) is 4.79 Å². The van der Waals surface area contributed by atoms with E-state index in [1.807, 2.05) is 0 Å². The van der Waals surface area contributed by atoms with Crippen molar-refractivity contribution in [2.24, 2.45) is 0 Å². The second-order valence-electron chi connectivity index (χ2n) is 5.14. The second-order valence-corrected chi connectivity index (χ2v) is 6.29. The van der Waals surface area contributed by atoms with Crippen molar-refractivity contribution in [2.75, 3.05) is 24.6 Å². The molecule has 1 aliphatic heterocycles. The molecule has 2 aliphatic rings. The van der Waals surface area contributed by atoms with Gasteiger partial charge in [-0.05, 0) is 12.8 Å². The molecule has 0 aromatic carbocycles. The number of hydrogen-bond donors (Lipinski definition) is 1. The number of carbonyl (C=O) groups is 2. The van der Waals surface area contributed by atoms with E-state index >= 15 is 0 Å². The number of aliphatic carboxylic acids is 1. The first kappa shape index (κ1) is 15.0. The van der Waals surface area contributed by atoms with E-state index in [9.17, 15) is 9.59 Å². The minimum Gasteiger partial charge on any atom is -0.481 e. The van der Waals surface area contributed by atoms with E-state index in [1.165, 1.54) is 0 Å². The van der Waals surface area contributed by atoms with Crippen LogP contribution >= 0.6 is 11.8 Å². The van der Waals surface area contributed by atoms with Crippen LogP contribution in [0, 0.1) is 11.3 Å². The van der Waals surface area contributed by atoms with E-state index < -0.39 is 5.97 Å². The lowest BCUT2D eigenvalue weighted by molar-refractivity contribution is -0.138. The van der Waals surface area contributed by atoms with Crippen molar-refractivity contribution in [2.45, 2.75) is 37.8 Å². The summed E-state index contributed by atoms with van der Waals surface area (Å²) in [6.45, 7) is 1.04. The van der Waals surface area contributed by atoms with Crippen molar-refractivity contribution in [3.63, 3.8) is 0 Å². The molecule has 110 valence electrons. The lowest BCUT2D eigenvalue weighted by Crippen LogP contribution is -2.53. The molecule has 6 nitrogen and oxygen atoms in total. The Kier molecular flexibility index (Phi) is 5.12. The Hall–Kier alpha value is -1.42. The van der Waals surface area contributed by atoms with E-state index in [-0.39, 0.29) is 24.5 Å². The van der Waals surface area contributed by atoms with Gasteiger partial charge in [0.25, 0.3) is 0 Å². The van der Waals surface area contributed by atoms with Crippen LogP contribution in [0.2, 0.25) is 0 Å². The number of carboxylic acid groups (broad SMARTS) is 1. The number of carbonyl (C=O) groups excluding carboxylic acids is 1. The lowest BCUT2D eigenvalue weighted by Gasteiger charge is -2.38. The van der Waals surface area contributed by atoms with Gasteiger partial charge in [-0.3, -0.25) is 4.79 Å². The summed E-state index contributed by atoms with van der Waals surface area (Å²) in [4.78, 5) is 27.0. The van der Waals surface area contributed by atoms with Crippen LogP contribution in [-0.2, 0) is 4.79 Å². The Morgan fingerprint density at radius 3 is 2.80 bits per heavy atom. The zero-order chi connectivity index (χ0) is 14.5. The van der Waals surface area contributed by atoms with Crippen molar-refractivity contribution in [1.82, 2.24) is 9.80 Å². The summed E-state index contributed by atoms with van der Waals surface area (Å²) in [5, 5.41) is 17.7. The molecule has 1 aliphatic carbocycles. The molecule has 1 heterocycles. The van der Waals surface area contributed by atoms with Crippen LogP contribution in [0.5, 0.6) is 0 Å². The molecule has 0 aromatic rings. The summed E-state index contributed by atoms with van der Waals surface area (Å²) in [6.07, 6.45) is 2.30. The van der Waals surface area contributed by atoms with Gasteiger partial charge in [-0.2, -0.15) is 17.0 Å². The Balaban J connectivity index is 2.03. The zero-order valence-electron chi connectivity index (χ0n) is 11.3. The second kappa shape index (κ2) is 6.84. The van der Waals surface area contributed by atoms with Gasteiger partial charge >= 0.3 is 12.0 Å². The maximum atomic E-state index is 12.6. The summed E-state index contributed by atoms with van der Waals surface area (Å²) in [6, 6.07) is 1.99. The molecular weight excluding hydrogens is 278 g/mol. The van der Waals surface area contributed by atoms with Gasteiger partial charge in [-0.1, -0.05) is 0 Å². The normalized spacial score (nSPS) is 22.1. The fourth-order valence-electron chi connectivity index (χ4n) is 2.43. The number of hydrogen-bond acceptors (Lipinski definition) is 4. The number of amides is 2. The van der Waals surface area contributed by atoms with Gasteiger partial charge in [0, 0.05) is 30.6 Å². The maximum Gasteiger partial charge on any atom is 0.320 e. The van der Waals surface area contributed by atoms with Gasteiger partial charge in [0.1, 0.15) is 0 Å². The van der Waals surface area contributed by atoms with Crippen LogP contribution in [0.1, 0.15) is 25.7 Å². The van der Waals surface area contributed by atoms with Crippen LogP contribution in [-0.4, -0.2) is 63.6 Å². The van der Waals surface area contributed by atoms with Crippen molar-refractivity contribution in [3.8, 4) is 6.07 Å². The van der Waals surface area contributed by atoms with Crippen LogP contribution in [0.3, 0.4) is 0 Å². The SMILES string of the molecule is N#CCCN(C(=O)N1CCSCC1CC(=O)O)C1CC1. The molecule has 2 rings (SSSR count). The number of nitriles is 1. The maximum absolute atomic E-state index is 12.6. The van der Waals surface area contributed by atoms with Gasteiger partial charge in [0.2, 0.25) is 0 Å². The highest BCUT2D eigenvalue weighted by Gasteiger charge is 2.38. The van der Waals surface area contributed by atoms with E-state index in [2.05, 4.69) is 6.07 Å². The van der Waals surface area contributed by atoms with Gasteiger partial charge in [0.05, 0.1) is 25.0 Å². The first-order valence-electron chi connectivity index (χ1n) is 6.87. The Bertz CT molecular complexity index is 420. The minimum atomic E-state index is -0.870. The molecule has 1 saturated heterocycles. The molecule has 0 radical (unpaired) electrons. The fourth-order valence-corrected chi connectivity index (χ4v) is 3.50. The number of rotatable bonds is 5. The third kappa shape index (κ3) is 3.79. The highest BCUT2D eigenvalue weighted by Crippen LogP contribution is 2.29. The topological polar surface area (TPSA) is 84.6 Å². The average Bonchev–Trinajstić information content (AvgIpc) is 3.23. The van der Waals surface area contributed by atoms with E-state index in [0.29, 0.717) is 25.3 Å². The monoisotopic (exact) mass is 297 g/mol. The first-order valence-corrected chi connectivity index (χ1v) is 8.02. The summed E-state index contributed by atoms with van der Waals surface area (Å²) >= 11 is 1.69. The van der Waals surface area contributed by atoms with E-state index in [4.69, 9.17) is 10.4 Å². The smallest absolute Gasteiger partial charge is 0.320 e. The highest BCUT2D eigenvalue weighted by molar-refractivity contribution is 7.99. The minimum absolute atomic E-state index is 0.00447. The molecule has 1 unspecified atom stereocenters. The van der Waals surface area contributed by atoms with Crippen LogP contribution < -0.4 is 0 Å². The molecule has 0 aromatic heterocycles. The molecule has 1 atom stereocenters. The van der Waals surface area contributed by atoms with Crippen LogP contribution in [0.25, 0.3) is 0 Å². The Morgan fingerprint density at radius 2 is 2.20 bits per heavy atom. The largest absolute Gasteiger partial charge is 0.481 e. The average molecular weight is 297 g/mol. The van der Waals surface area contributed by atoms with E-state index in [1.54, 1.807) is 21.6 Å². The zero-order valence-corrected chi connectivity index (χ0v) is 12.1. The summed E-state index contributed by atoms with van der Waals surface area (Å²) < 4.78 is 0. The van der Waals surface area contributed by atoms with Gasteiger partial charge < -0.3 is 14.9 Å². The molecule has 2 fully saturated rings. The molecule has 2 amide bonds. The van der Waals surface area contributed by atoms with Crippen molar-refractivity contribution in [1.29, 1.82) is 5.26 Å². The summed E-state index contributed by atoms with van der Waals surface area (Å²) in [5.74, 6) is 0.651. The molecular formula is C13H19N3O3S. The number of thioether (sulfide) groups is 1. The predicted octanol–water partition coefficient (Wildman–Crippen LogP) is 1.38. The number of carboxylic acids is 1. The van der Waals surface area contributed by atoms with Crippen molar-refractivity contribution >= 4 is 23.8 Å². The Labute approximate surface area is 122 Å². The third-order valence-corrected chi connectivity index (χ3v) is 4.67. The summed E-state index contributed by atoms with van der Waals surface area (Å²) in [7, 11) is 0. The fraction of sp³-hybridized carbons (Fsp3) is 0.769. The van der Waals surface area contributed by atoms with Crippen molar-refractivity contribution < 1.29 is 14.7 Å². The summed E-state index contributed by atoms with van der Waals surface area (Å²) in [5.41, 5.74) is 0. The molecule has 1 N–H and O–H groups in total. The molecule has 1 saturated carbocycles. The van der Waals surface area contributed by atoms with E-state index in [0.717, 1.165) is 18.6 Å². The predicted molar refractivity (Wildman–Crippen MR) is 75.4 cm³/mol. The first-order chi connectivity index (χ1) is 9.63. The van der Waals surface area contributed by atoms with Gasteiger partial charge in [-0.15, -0.1) is 0 Å². The highest BCUT2D eigenvalue weighted by atomic mass is 32.2. The molecule has 0 bridgehead atoms. The van der Waals surface area contributed by atoms with Crippen molar-refractivity contribution in [3.05, 3.63) is 0 Å². The molecule has 20 heavy (non-hydrogen) atoms. The van der Waals surface area contributed by atoms with Gasteiger partial charge in [-0.25, -0.2) is 4.79 Å². The quantitative estimate of drug-likeness (QED) is 0.828. The number of nitrogens with zero attached hydrogens (tertiary/aromatic N) is 3.